The number of hydrogen-bond acceptors (Lipinski definition) is 4. The summed E-state index contributed by atoms with van der Waals surface area (Å²) in [6, 6.07) is 18.3. The first-order valence-electron chi connectivity index (χ1n) is 6.68. The van der Waals surface area contributed by atoms with Crippen LogP contribution in [0.15, 0.2) is 71.4 Å². The topological polar surface area (TPSA) is 72.2 Å². The molecule has 1 N–H and O–H groups in total. The van der Waals surface area contributed by atoms with Crippen molar-refractivity contribution in [1.82, 2.24) is 5.16 Å². The van der Waals surface area contributed by atoms with Crippen molar-refractivity contribution >= 4 is 15.9 Å². The van der Waals surface area contributed by atoms with Crippen LogP contribution in [0.5, 0.6) is 0 Å². The van der Waals surface area contributed by atoms with Crippen LogP contribution in [0.4, 0.5) is 5.88 Å². The Morgan fingerprint density at radius 1 is 0.955 bits per heavy atom. The lowest BCUT2D eigenvalue weighted by atomic mass is 10.1. The largest absolute Gasteiger partial charge is 0.337 e. The van der Waals surface area contributed by atoms with Gasteiger partial charge in [-0.25, -0.2) is 8.42 Å². The Hall–Kier alpha value is -2.60. The molecule has 0 spiro atoms. The van der Waals surface area contributed by atoms with E-state index in [1.807, 2.05) is 36.4 Å². The molecule has 1 heterocycles. The second-order valence-electron chi connectivity index (χ2n) is 4.78. The number of nitrogens with one attached hydrogen (secondary N) is 1. The van der Waals surface area contributed by atoms with Crippen molar-refractivity contribution < 1.29 is 12.9 Å². The van der Waals surface area contributed by atoms with E-state index in [9.17, 15) is 8.42 Å². The number of benzene rings is 2. The molecule has 22 heavy (non-hydrogen) atoms. The maximum Gasteiger partial charge on any atom is 0.245 e. The number of rotatable bonds is 5. The molecule has 0 atom stereocenters. The molecule has 0 aliphatic carbocycles. The first-order chi connectivity index (χ1) is 10.6. The molecule has 0 unspecified atom stereocenters. The minimum atomic E-state index is -3.57. The zero-order valence-corrected chi connectivity index (χ0v) is 12.5. The van der Waals surface area contributed by atoms with Gasteiger partial charge in [0.2, 0.25) is 15.9 Å². The number of sulfonamides is 1. The maximum absolute atomic E-state index is 12.3. The third kappa shape index (κ3) is 3.35. The predicted molar refractivity (Wildman–Crippen MR) is 84.6 cm³/mol. The monoisotopic (exact) mass is 314 g/mol. The molecule has 0 fully saturated rings. The third-order valence-corrected chi connectivity index (χ3v) is 4.31. The third-order valence-electron chi connectivity index (χ3n) is 3.10. The Labute approximate surface area is 128 Å². The van der Waals surface area contributed by atoms with Gasteiger partial charge in [0.05, 0.1) is 17.5 Å². The van der Waals surface area contributed by atoms with Crippen molar-refractivity contribution in [3.05, 3.63) is 72.4 Å². The minimum Gasteiger partial charge on any atom is -0.337 e. The summed E-state index contributed by atoms with van der Waals surface area (Å²) in [6.07, 6.45) is 1.50. The average molecular weight is 314 g/mol. The Morgan fingerprint density at radius 2 is 1.59 bits per heavy atom. The molecule has 0 radical (unpaired) electrons. The molecule has 0 aliphatic heterocycles. The standard InChI is InChI=1S/C16H14N2O3S/c19-22(20,12-13-7-3-1-4-8-13)18-16-15(11-17-21-16)14-9-5-2-6-10-14/h1-11,18H,12H2. The van der Waals surface area contributed by atoms with Crippen LogP contribution in [0, 0.1) is 0 Å². The van der Waals surface area contributed by atoms with Gasteiger partial charge in [0.25, 0.3) is 0 Å². The van der Waals surface area contributed by atoms with Gasteiger partial charge in [0.15, 0.2) is 0 Å². The molecule has 0 saturated carbocycles. The van der Waals surface area contributed by atoms with Gasteiger partial charge < -0.3 is 4.52 Å². The van der Waals surface area contributed by atoms with Gasteiger partial charge in [-0.2, -0.15) is 0 Å². The van der Waals surface area contributed by atoms with E-state index in [-0.39, 0.29) is 11.6 Å². The minimum absolute atomic E-state index is 0.122. The molecule has 3 aromatic rings. The van der Waals surface area contributed by atoms with E-state index in [2.05, 4.69) is 9.88 Å². The number of hydrogen-bond donors (Lipinski definition) is 1. The quantitative estimate of drug-likeness (QED) is 0.784. The summed E-state index contributed by atoms with van der Waals surface area (Å²) in [5.74, 6) is 0.00472. The molecule has 2 aromatic carbocycles. The summed E-state index contributed by atoms with van der Waals surface area (Å²) >= 11 is 0. The fourth-order valence-electron chi connectivity index (χ4n) is 2.11. The average Bonchev–Trinajstić information content (AvgIpc) is 2.96. The van der Waals surface area contributed by atoms with E-state index in [0.717, 1.165) is 5.56 Å². The summed E-state index contributed by atoms with van der Waals surface area (Å²) in [5, 5.41) is 3.69. The summed E-state index contributed by atoms with van der Waals surface area (Å²) in [4.78, 5) is 0. The highest BCUT2D eigenvalue weighted by Crippen LogP contribution is 2.28. The highest BCUT2D eigenvalue weighted by molar-refractivity contribution is 7.91. The molecule has 112 valence electrons. The molecule has 0 saturated heterocycles. The SMILES string of the molecule is O=S(=O)(Cc1ccccc1)Nc1oncc1-c1ccccc1. The second-order valence-corrected chi connectivity index (χ2v) is 6.50. The van der Waals surface area contributed by atoms with Crippen LogP contribution < -0.4 is 4.72 Å². The number of nitrogens with zero attached hydrogens (tertiary/aromatic N) is 1. The Morgan fingerprint density at radius 3 is 2.27 bits per heavy atom. The highest BCUT2D eigenvalue weighted by Gasteiger charge is 2.18. The van der Waals surface area contributed by atoms with Crippen LogP contribution in [0.1, 0.15) is 5.56 Å². The van der Waals surface area contributed by atoms with Crippen molar-refractivity contribution in [3.63, 3.8) is 0 Å². The van der Waals surface area contributed by atoms with E-state index in [1.165, 1.54) is 6.20 Å². The zero-order chi connectivity index (χ0) is 15.4. The van der Waals surface area contributed by atoms with Crippen LogP contribution >= 0.6 is 0 Å². The fourth-order valence-corrected chi connectivity index (χ4v) is 3.24. The van der Waals surface area contributed by atoms with E-state index < -0.39 is 10.0 Å². The summed E-state index contributed by atoms with van der Waals surface area (Å²) in [6.45, 7) is 0. The van der Waals surface area contributed by atoms with Crippen molar-refractivity contribution in [2.45, 2.75) is 5.75 Å². The molecule has 0 bridgehead atoms. The fraction of sp³-hybridized carbons (Fsp3) is 0.0625. The normalized spacial score (nSPS) is 11.3. The Balaban J connectivity index is 1.83. The lowest BCUT2D eigenvalue weighted by Gasteiger charge is -2.07. The van der Waals surface area contributed by atoms with E-state index in [1.54, 1.807) is 24.3 Å². The lowest BCUT2D eigenvalue weighted by molar-refractivity contribution is 0.435. The molecule has 6 heteroatoms. The smallest absolute Gasteiger partial charge is 0.245 e. The molecule has 1 aromatic heterocycles. The zero-order valence-electron chi connectivity index (χ0n) is 11.6. The van der Waals surface area contributed by atoms with Crippen LogP contribution in [0.3, 0.4) is 0 Å². The van der Waals surface area contributed by atoms with Gasteiger partial charge in [-0.15, -0.1) is 0 Å². The van der Waals surface area contributed by atoms with E-state index in [4.69, 9.17) is 4.52 Å². The van der Waals surface area contributed by atoms with Crippen molar-refractivity contribution in [3.8, 4) is 11.1 Å². The molecule has 5 nitrogen and oxygen atoms in total. The number of anilines is 1. The van der Waals surface area contributed by atoms with Gasteiger partial charge >= 0.3 is 0 Å². The van der Waals surface area contributed by atoms with Crippen LogP contribution in [0.2, 0.25) is 0 Å². The van der Waals surface area contributed by atoms with Gasteiger partial charge in [-0.05, 0) is 11.1 Å². The summed E-state index contributed by atoms with van der Waals surface area (Å²) < 4.78 is 32.0. The Kier molecular flexibility index (Phi) is 3.93. The molecule has 3 rings (SSSR count). The van der Waals surface area contributed by atoms with Gasteiger partial charge in [0, 0.05) is 0 Å². The lowest BCUT2D eigenvalue weighted by Crippen LogP contribution is -2.15. The highest BCUT2D eigenvalue weighted by atomic mass is 32.2. The van der Waals surface area contributed by atoms with Crippen molar-refractivity contribution in [2.75, 3.05) is 4.72 Å². The van der Waals surface area contributed by atoms with Crippen LogP contribution in [0.25, 0.3) is 11.1 Å². The van der Waals surface area contributed by atoms with Crippen LogP contribution in [-0.2, 0) is 15.8 Å². The van der Waals surface area contributed by atoms with Gasteiger partial charge in [-0.3, -0.25) is 4.72 Å². The molecular formula is C16H14N2O3S. The second kappa shape index (κ2) is 6.03. The molecule has 0 aliphatic rings. The van der Waals surface area contributed by atoms with Gasteiger partial charge in [0.1, 0.15) is 0 Å². The van der Waals surface area contributed by atoms with Crippen molar-refractivity contribution in [1.29, 1.82) is 0 Å². The van der Waals surface area contributed by atoms with Gasteiger partial charge in [-0.1, -0.05) is 65.8 Å². The maximum atomic E-state index is 12.3. The Bertz CT molecular complexity index is 843. The summed E-state index contributed by atoms with van der Waals surface area (Å²) in [5.41, 5.74) is 2.15. The van der Waals surface area contributed by atoms with Crippen molar-refractivity contribution in [2.24, 2.45) is 0 Å². The molecule has 0 amide bonds. The first-order valence-corrected chi connectivity index (χ1v) is 8.34. The summed E-state index contributed by atoms with van der Waals surface area (Å²) in [7, 11) is -3.57. The first kappa shape index (κ1) is 14.3. The molecular weight excluding hydrogens is 300 g/mol. The van der Waals surface area contributed by atoms with E-state index in [0.29, 0.717) is 11.1 Å². The van der Waals surface area contributed by atoms with E-state index >= 15 is 0 Å². The van der Waals surface area contributed by atoms with Crippen LogP contribution in [-0.4, -0.2) is 13.6 Å². The predicted octanol–water partition coefficient (Wildman–Crippen LogP) is 3.28. The number of aromatic nitrogens is 1.